The minimum atomic E-state index is -1.68. The predicted molar refractivity (Wildman–Crippen MR) is 130 cm³/mol. The largest absolute Gasteiger partial charge is 0.366 e. The molecule has 0 heterocycles. The van der Waals surface area contributed by atoms with Gasteiger partial charge in [-0.2, -0.15) is 0 Å². The minimum absolute atomic E-state index is 0.250. The van der Waals surface area contributed by atoms with Crippen molar-refractivity contribution in [3.8, 4) is 22.9 Å². The zero-order valence-electron chi connectivity index (χ0n) is 18.1. The lowest BCUT2D eigenvalue weighted by molar-refractivity contribution is 0.146. The van der Waals surface area contributed by atoms with Crippen molar-refractivity contribution in [2.75, 3.05) is 0 Å². The van der Waals surface area contributed by atoms with Crippen molar-refractivity contribution < 1.29 is 5.11 Å². The van der Waals surface area contributed by atoms with Gasteiger partial charge < -0.3 is 5.11 Å². The van der Waals surface area contributed by atoms with Crippen molar-refractivity contribution >= 4 is 37.7 Å². The Kier molecular flexibility index (Phi) is 4.55. The molecule has 1 nitrogen and oxygen atoms in total. The summed E-state index contributed by atoms with van der Waals surface area (Å²) in [6.45, 7) is 13.2. The molecule has 1 aliphatic carbocycles. The van der Waals surface area contributed by atoms with Crippen molar-refractivity contribution in [3.05, 3.63) is 59.7 Å². The minimum Gasteiger partial charge on any atom is -0.366 e. The van der Waals surface area contributed by atoms with Crippen molar-refractivity contribution in [2.24, 2.45) is 0 Å². The van der Waals surface area contributed by atoms with Gasteiger partial charge in [-0.1, -0.05) is 99.7 Å². The second-order valence-corrected chi connectivity index (χ2v) is 19.7. The molecule has 0 amide bonds. The number of benzene rings is 3. The normalized spacial score (nSPS) is 14.0. The van der Waals surface area contributed by atoms with E-state index in [0.29, 0.717) is 0 Å². The Morgan fingerprint density at radius 1 is 0.690 bits per heavy atom. The van der Waals surface area contributed by atoms with Gasteiger partial charge in [-0.15, -0.1) is 11.1 Å². The third-order valence-electron chi connectivity index (χ3n) is 5.25. The highest BCUT2D eigenvalue weighted by Gasteiger charge is 2.42. The number of aliphatic hydroxyl groups is 1. The Morgan fingerprint density at radius 2 is 1.10 bits per heavy atom. The molecule has 3 heteroatoms. The standard InChI is InChI=1S/C26H28OSi2/c1-28(2,3)17-15-26(27,16-18-29(4,5)6)25-21-11-7-9-19-13-14-20-10-8-12-22(25)24(20)23(19)21/h7-14,25,27H,1-6H3. The molecule has 0 spiro atoms. The number of hydrogen-bond acceptors (Lipinski definition) is 1. The van der Waals surface area contributed by atoms with Gasteiger partial charge >= 0.3 is 0 Å². The highest BCUT2D eigenvalue weighted by atomic mass is 28.3. The van der Waals surface area contributed by atoms with Crippen LogP contribution >= 0.6 is 0 Å². The summed E-state index contributed by atoms with van der Waals surface area (Å²) in [6, 6.07) is 17.1. The van der Waals surface area contributed by atoms with Gasteiger partial charge in [0.15, 0.2) is 5.60 Å². The summed E-state index contributed by atoms with van der Waals surface area (Å²) < 4.78 is 0. The molecule has 0 unspecified atom stereocenters. The summed E-state index contributed by atoms with van der Waals surface area (Å²) in [5.74, 6) is 6.32. The van der Waals surface area contributed by atoms with Crippen LogP contribution in [0.4, 0.5) is 0 Å². The van der Waals surface area contributed by atoms with Gasteiger partial charge in [0.05, 0.1) is 5.92 Å². The van der Waals surface area contributed by atoms with Gasteiger partial charge in [-0.25, -0.2) is 0 Å². The molecule has 0 saturated heterocycles. The van der Waals surface area contributed by atoms with Crippen LogP contribution in [-0.2, 0) is 0 Å². The molecule has 29 heavy (non-hydrogen) atoms. The topological polar surface area (TPSA) is 20.2 Å². The van der Waals surface area contributed by atoms with E-state index in [1.807, 2.05) is 0 Å². The lowest BCUT2D eigenvalue weighted by Gasteiger charge is -2.27. The van der Waals surface area contributed by atoms with E-state index in [4.69, 9.17) is 0 Å². The Balaban J connectivity index is 2.04. The van der Waals surface area contributed by atoms with Gasteiger partial charge in [-0.05, 0) is 32.7 Å². The molecule has 146 valence electrons. The summed E-state index contributed by atoms with van der Waals surface area (Å²) in [4.78, 5) is 0. The molecule has 0 atom stereocenters. The van der Waals surface area contributed by atoms with Crippen LogP contribution in [0, 0.1) is 22.9 Å². The SMILES string of the molecule is C[Si](C)(C)C#CC(O)(C#C[Si](C)(C)C)C1c2cccc3ccc4cccc1c4c23. The molecule has 0 radical (unpaired) electrons. The first kappa shape index (κ1) is 20.0. The molecular formula is C26H28OSi2. The molecule has 3 aromatic rings. The fraction of sp³-hybridized carbons (Fsp3) is 0.308. The highest BCUT2D eigenvalue weighted by molar-refractivity contribution is 6.84. The monoisotopic (exact) mass is 412 g/mol. The van der Waals surface area contributed by atoms with Gasteiger partial charge in [0.1, 0.15) is 16.1 Å². The van der Waals surface area contributed by atoms with E-state index in [1.54, 1.807) is 0 Å². The van der Waals surface area contributed by atoms with Crippen molar-refractivity contribution in [3.63, 3.8) is 0 Å². The van der Waals surface area contributed by atoms with Crippen LogP contribution in [0.15, 0.2) is 48.5 Å². The van der Waals surface area contributed by atoms with Crippen LogP contribution in [0.2, 0.25) is 39.3 Å². The molecule has 0 saturated carbocycles. The zero-order valence-corrected chi connectivity index (χ0v) is 20.1. The molecule has 0 fully saturated rings. The van der Waals surface area contributed by atoms with Crippen molar-refractivity contribution in [1.82, 2.24) is 0 Å². The van der Waals surface area contributed by atoms with E-state index in [9.17, 15) is 5.11 Å². The van der Waals surface area contributed by atoms with Gasteiger partial charge in [-0.3, -0.25) is 0 Å². The summed E-state index contributed by atoms with van der Waals surface area (Å²) in [7, 11) is -3.35. The Bertz CT molecular complexity index is 1160. The summed E-state index contributed by atoms with van der Waals surface area (Å²) in [5, 5.41) is 16.9. The van der Waals surface area contributed by atoms with Gasteiger partial charge in [0, 0.05) is 0 Å². The first-order valence-corrected chi connectivity index (χ1v) is 17.2. The second kappa shape index (κ2) is 6.61. The number of rotatable bonds is 1. The molecule has 0 bridgehead atoms. The van der Waals surface area contributed by atoms with Gasteiger partial charge in [0.25, 0.3) is 0 Å². The van der Waals surface area contributed by atoms with E-state index in [1.165, 1.54) is 21.5 Å². The second-order valence-electron chi connectivity index (χ2n) is 10.2. The average molecular weight is 413 g/mol. The molecule has 0 aromatic heterocycles. The van der Waals surface area contributed by atoms with Crippen molar-refractivity contribution in [2.45, 2.75) is 50.8 Å². The quantitative estimate of drug-likeness (QED) is 0.298. The third-order valence-corrected chi connectivity index (χ3v) is 7.00. The Labute approximate surface area is 176 Å². The van der Waals surface area contributed by atoms with E-state index in [-0.39, 0.29) is 5.92 Å². The summed E-state index contributed by atoms with van der Waals surface area (Å²) in [5.41, 5.74) is 7.74. The molecule has 4 rings (SSSR count). The highest BCUT2D eigenvalue weighted by Crippen LogP contribution is 2.49. The lowest BCUT2D eigenvalue weighted by Crippen LogP contribution is -2.35. The fourth-order valence-corrected chi connectivity index (χ4v) is 5.18. The maximum Gasteiger partial charge on any atom is 0.197 e. The smallest absolute Gasteiger partial charge is 0.197 e. The maximum absolute atomic E-state index is 12.0. The number of hydrogen-bond donors (Lipinski definition) is 1. The fourth-order valence-electron chi connectivity index (χ4n) is 4.05. The first-order chi connectivity index (χ1) is 13.5. The van der Waals surface area contributed by atoms with E-state index >= 15 is 0 Å². The van der Waals surface area contributed by atoms with E-state index < -0.39 is 21.7 Å². The first-order valence-electron chi connectivity index (χ1n) is 10.2. The molecule has 0 aliphatic heterocycles. The average Bonchev–Trinajstić information content (AvgIpc) is 2.99. The maximum atomic E-state index is 12.0. The zero-order chi connectivity index (χ0) is 21.0. The van der Waals surface area contributed by atoms with E-state index in [2.05, 4.69) is 111 Å². The lowest BCUT2D eigenvalue weighted by atomic mass is 9.81. The molecular weight excluding hydrogens is 384 g/mol. The van der Waals surface area contributed by atoms with Crippen molar-refractivity contribution in [1.29, 1.82) is 0 Å². The van der Waals surface area contributed by atoms with Crippen LogP contribution in [0.25, 0.3) is 21.5 Å². The molecule has 3 aromatic carbocycles. The van der Waals surface area contributed by atoms with Crippen LogP contribution in [0.3, 0.4) is 0 Å². The van der Waals surface area contributed by atoms with Crippen LogP contribution in [0.1, 0.15) is 17.0 Å². The van der Waals surface area contributed by atoms with E-state index in [0.717, 1.165) is 11.1 Å². The Morgan fingerprint density at radius 3 is 1.48 bits per heavy atom. The Hall–Kier alpha value is -2.31. The third kappa shape index (κ3) is 3.67. The van der Waals surface area contributed by atoms with Crippen LogP contribution < -0.4 is 0 Å². The molecule has 1 N–H and O–H groups in total. The summed E-state index contributed by atoms with van der Waals surface area (Å²) in [6.07, 6.45) is 0. The molecule has 1 aliphatic rings. The van der Waals surface area contributed by atoms with Crippen LogP contribution in [0.5, 0.6) is 0 Å². The van der Waals surface area contributed by atoms with Gasteiger partial charge in [0.2, 0.25) is 0 Å². The predicted octanol–water partition coefficient (Wildman–Crippen LogP) is 5.93. The van der Waals surface area contributed by atoms with Crippen LogP contribution in [-0.4, -0.2) is 26.9 Å². The summed E-state index contributed by atoms with van der Waals surface area (Å²) >= 11 is 0.